The van der Waals surface area contributed by atoms with Gasteiger partial charge in [-0.3, -0.25) is 9.59 Å². The van der Waals surface area contributed by atoms with E-state index in [1.807, 2.05) is 33.3 Å². The molecule has 0 bridgehead atoms. The second-order valence-corrected chi connectivity index (χ2v) is 17.3. The smallest absolute Gasteiger partial charge is 0.362 e. The number of carbonyl (C=O) groups is 3. The lowest BCUT2D eigenvalue weighted by Gasteiger charge is -2.31. The first kappa shape index (κ1) is 58.5. The molecule has 0 saturated carbocycles. The number of unbranched alkanes of at least 4 members (excludes halogenated alkanes) is 15. The Labute approximate surface area is 380 Å². The molecule has 0 saturated heterocycles. The summed E-state index contributed by atoms with van der Waals surface area (Å²) in [6.45, 7) is 4.54. The standard InChI is InChI=1S/C54H91NO7/c1-6-8-10-12-14-16-18-20-22-24-26-28-30-32-34-36-38-40-42-44-52(56)61-49-50(48-60-47-46-51(54(58)59)55(3,4)5)62-53(57)45-43-41-39-37-35-33-31-29-27-25-23-21-19-17-15-13-11-9-7-2/h9,11,15,17,21,23-24,26-27,29,33,35,39,41,50-51H,6-8,10,12-14,16,18-20,22,25,28,30-32,34,36-38,40,42-49H2,1-5H3/p+1/b11-9+,17-15+,23-21+,26-24+,29-27+,35-33+,41-39+. The van der Waals surface area contributed by atoms with Gasteiger partial charge in [0.05, 0.1) is 34.4 Å². The third kappa shape index (κ3) is 41.8. The van der Waals surface area contributed by atoms with Crippen LogP contribution in [0.5, 0.6) is 0 Å². The monoisotopic (exact) mass is 867 g/mol. The average Bonchev–Trinajstić information content (AvgIpc) is 3.23. The average molecular weight is 867 g/mol. The van der Waals surface area contributed by atoms with Gasteiger partial charge in [-0.15, -0.1) is 0 Å². The summed E-state index contributed by atoms with van der Waals surface area (Å²) in [5.74, 6) is -1.59. The van der Waals surface area contributed by atoms with Crippen molar-refractivity contribution in [2.45, 2.75) is 199 Å². The highest BCUT2D eigenvalue weighted by atomic mass is 16.6. The van der Waals surface area contributed by atoms with E-state index in [9.17, 15) is 19.5 Å². The van der Waals surface area contributed by atoms with E-state index in [0.29, 0.717) is 19.3 Å². The van der Waals surface area contributed by atoms with Gasteiger partial charge in [0.2, 0.25) is 0 Å². The maximum Gasteiger partial charge on any atom is 0.362 e. The number of allylic oxidation sites excluding steroid dienone is 14. The zero-order valence-electron chi connectivity index (χ0n) is 40.3. The molecule has 62 heavy (non-hydrogen) atoms. The minimum Gasteiger partial charge on any atom is -0.477 e. The molecule has 0 aliphatic rings. The molecule has 2 atom stereocenters. The lowest BCUT2D eigenvalue weighted by atomic mass is 10.1. The van der Waals surface area contributed by atoms with E-state index < -0.39 is 24.1 Å². The number of carboxylic acids is 1. The van der Waals surface area contributed by atoms with Crippen molar-refractivity contribution in [2.24, 2.45) is 0 Å². The van der Waals surface area contributed by atoms with E-state index in [0.717, 1.165) is 57.8 Å². The minimum atomic E-state index is -0.889. The predicted molar refractivity (Wildman–Crippen MR) is 261 cm³/mol. The molecule has 0 aliphatic heterocycles. The van der Waals surface area contributed by atoms with Crippen LogP contribution in [-0.4, -0.2) is 80.6 Å². The molecule has 354 valence electrons. The molecule has 0 heterocycles. The number of carbonyl (C=O) groups excluding carboxylic acids is 2. The van der Waals surface area contributed by atoms with Gasteiger partial charge in [-0.1, -0.05) is 176 Å². The fourth-order valence-corrected chi connectivity index (χ4v) is 6.76. The van der Waals surface area contributed by atoms with Crippen molar-refractivity contribution < 1.29 is 38.2 Å². The van der Waals surface area contributed by atoms with E-state index >= 15 is 0 Å². The number of hydrogen-bond donors (Lipinski definition) is 1. The highest BCUT2D eigenvalue weighted by molar-refractivity contribution is 5.72. The van der Waals surface area contributed by atoms with E-state index in [-0.39, 0.29) is 36.7 Å². The van der Waals surface area contributed by atoms with Gasteiger partial charge in [0.15, 0.2) is 12.1 Å². The molecule has 8 nitrogen and oxygen atoms in total. The van der Waals surface area contributed by atoms with Crippen LogP contribution in [0.3, 0.4) is 0 Å². The first-order valence-electron chi connectivity index (χ1n) is 24.6. The Bertz CT molecular complexity index is 1290. The summed E-state index contributed by atoms with van der Waals surface area (Å²) in [5, 5.41) is 9.64. The summed E-state index contributed by atoms with van der Waals surface area (Å²) in [4.78, 5) is 37.1. The molecule has 0 radical (unpaired) electrons. The van der Waals surface area contributed by atoms with E-state index in [1.54, 1.807) is 0 Å². The van der Waals surface area contributed by atoms with Crippen LogP contribution in [0.15, 0.2) is 85.1 Å². The number of nitrogens with zero attached hydrogens (tertiary/aromatic N) is 1. The molecule has 0 amide bonds. The van der Waals surface area contributed by atoms with Gasteiger partial charge >= 0.3 is 17.9 Å². The van der Waals surface area contributed by atoms with Crippen molar-refractivity contribution in [2.75, 3.05) is 41.0 Å². The lowest BCUT2D eigenvalue weighted by molar-refractivity contribution is -0.887. The quantitative estimate of drug-likeness (QED) is 0.0282. The van der Waals surface area contributed by atoms with Crippen LogP contribution in [-0.2, 0) is 28.6 Å². The topological polar surface area (TPSA) is 99.1 Å². The fraction of sp³-hybridized carbons (Fsp3) is 0.685. The number of aliphatic carboxylic acids is 1. The molecular weight excluding hydrogens is 775 g/mol. The Morgan fingerprint density at radius 2 is 0.935 bits per heavy atom. The molecule has 1 N–H and O–H groups in total. The highest BCUT2D eigenvalue weighted by Gasteiger charge is 2.31. The van der Waals surface area contributed by atoms with Crippen LogP contribution in [0.4, 0.5) is 0 Å². The van der Waals surface area contributed by atoms with Crippen LogP contribution in [0.2, 0.25) is 0 Å². The van der Waals surface area contributed by atoms with Crippen molar-refractivity contribution >= 4 is 17.9 Å². The maximum absolute atomic E-state index is 12.7. The second-order valence-electron chi connectivity index (χ2n) is 17.3. The SMILES string of the molecule is CC/C=C/C/C=C/C/C=C/C/C=C/C/C=C/C/C=C/CCC(=O)OC(COCCC(C(=O)O)[N+](C)(C)C)COC(=O)CCCCCCCCC/C=C/CCCCCCCCCC. The molecule has 0 aromatic carbocycles. The van der Waals surface area contributed by atoms with Crippen LogP contribution < -0.4 is 0 Å². The van der Waals surface area contributed by atoms with Gasteiger partial charge < -0.3 is 23.8 Å². The molecule has 0 aromatic heterocycles. The van der Waals surface area contributed by atoms with E-state index in [4.69, 9.17) is 14.2 Å². The summed E-state index contributed by atoms with van der Waals surface area (Å²) in [7, 11) is 5.50. The lowest BCUT2D eigenvalue weighted by Crippen LogP contribution is -2.50. The number of rotatable bonds is 43. The van der Waals surface area contributed by atoms with Crippen molar-refractivity contribution in [3.05, 3.63) is 85.1 Å². The highest BCUT2D eigenvalue weighted by Crippen LogP contribution is 2.14. The Morgan fingerprint density at radius 3 is 1.40 bits per heavy atom. The van der Waals surface area contributed by atoms with Gasteiger partial charge in [-0.25, -0.2) is 4.79 Å². The van der Waals surface area contributed by atoms with E-state index in [1.165, 1.54) is 89.9 Å². The number of esters is 2. The maximum atomic E-state index is 12.7. The van der Waals surface area contributed by atoms with Crippen LogP contribution >= 0.6 is 0 Å². The van der Waals surface area contributed by atoms with Crippen molar-refractivity contribution in [1.29, 1.82) is 0 Å². The summed E-state index contributed by atoms with van der Waals surface area (Å²) in [6, 6.07) is -0.633. The van der Waals surface area contributed by atoms with Gasteiger partial charge in [0, 0.05) is 19.3 Å². The number of hydrogen-bond acceptors (Lipinski definition) is 6. The number of quaternary nitrogens is 1. The number of carboxylic acid groups (broad SMARTS) is 1. The summed E-state index contributed by atoms with van der Waals surface area (Å²) in [5.41, 5.74) is 0. The summed E-state index contributed by atoms with van der Waals surface area (Å²) in [6.07, 6.45) is 57.9. The van der Waals surface area contributed by atoms with Crippen molar-refractivity contribution in [1.82, 2.24) is 0 Å². The zero-order chi connectivity index (χ0) is 45.6. The fourth-order valence-electron chi connectivity index (χ4n) is 6.76. The number of likely N-dealkylation sites (N-methyl/N-ethyl adjacent to an activating group) is 1. The summed E-state index contributed by atoms with van der Waals surface area (Å²) < 4.78 is 17.2. The first-order chi connectivity index (χ1) is 30.1. The van der Waals surface area contributed by atoms with Crippen molar-refractivity contribution in [3.63, 3.8) is 0 Å². The summed E-state index contributed by atoms with van der Waals surface area (Å²) >= 11 is 0. The van der Waals surface area contributed by atoms with Crippen LogP contribution in [0.25, 0.3) is 0 Å². The minimum absolute atomic E-state index is 0.0253. The number of ether oxygens (including phenoxy) is 3. The zero-order valence-corrected chi connectivity index (χ0v) is 40.3. The first-order valence-corrected chi connectivity index (χ1v) is 24.6. The molecule has 0 aliphatic carbocycles. The third-order valence-corrected chi connectivity index (χ3v) is 10.5. The molecule has 2 unspecified atom stereocenters. The Hall–Kier alpha value is -3.49. The molecule has 0 aromatic rings. The largest absolute Gasteiger partial charge is 0.477 e. The van der Waals surface area contributed by atoms with Gasteiger partial charge in [-0.2, -0.15) is 0 Å². The van der Waals surface area contributed by atoms with Gasteiger partial charge in [0.25, 0.3) is 0 Å². The molecule has 0 rings (SSSR count). The third-order valence-electron chi connectivity index (χ3n) is 10.5. The predicted octanol–water partition coefficient (Wildman–Crippen LogP) is 14.1. The Morgan fingerprint density at radius 1 is 0.500 bits per heavy atom. The van der Waals surface area contributed by atoms with E-state index in [2.05, 4.69) is 86.8 Å². The van der Waals surface area contributed by atoms with Gasteiger partial charge in [-0.05, 0) is 77.0 Å². The van der Waals surface area contributed by atoms with Crippen LogP contribution in [0, 0.1) is 0 Å². The molecule has 0 fully saturated rings. The normalized spacial score (nSPS) is 13.6. The second kappa shape index (κ2) is 44.1. The van der Waals surface area contributed by atoms with Crippen LogP contribution in [0.1, 0.15) is 187 Å². The molecule has 8 heteroatoms. The Kier molecular flexibility index (Phi) is 41.6. The van der Waals surface area contributed by atoms with Gasteiger partial charge in [0.1, 0.15) is 6.61 Å². The molecule has 0 spiro atoms. The Balaban J connectivity index is 4.41. The van der Waals surface area contributed by atoms with Crippen molar-refractivity contribution in [3.8, 4) is 0 Å². The molecular formula is C54H92NO7+.